The summed E-state index contributed by atoms with van der Waals surface area (Å²) in [6.45, 7) is 0. The Morgan fingerprint density at radius 1 is 1.55 bits per heavy atom. The summed E-state index contributed by atoms with van der Waals surface area (Å²) in [7, 11) is 0. The Morgan fingerprint density at radius 3 is 2.82 bits per heavy atom. The fourth-order valence-corrected chi connectivity index (χ4v) is 1.07. The molecule has 0 radical (unpaired) electrons. The third-order valence-electron chi connectivity index (χ3n) is 1.39. The van der Waals surface area contributed by atoms with E-state index in [1.165, 1.54) is 6.08 Å². The van der Waals surface area contributed by atoms with Gasteiger partial charge < -0.3 is 4.74 Å². The monoisotopic (exact) mass is 172 g/mol. The average molecular weight is 172 g/mol. The molecule has 0 atom stereocenters. The zero-order valence-electron chi connectivity index (χ0n) is 5.87. The maximum atomic E-state index is 10.8. The molecule has 0 aromatic carbocycles. The standard InChI is InChI=1S/C7H8O3S/c8-5-2-1-3-6(4-5)10-7(9)11/h4H,1-3H2,(H,9,11). The summed E-state index contributed by atoms with van der Waals surface area (Å²) in [4.78, 5) is 21.1. The molecule has 0 spiro atoms. The fraction of sp³-hybridized carbons (Fsp3) is 0.429. The lowest BCUT2D eigenvalue weighted by Gasteiger charge is -2.09. The Labute approximate surface area is 69.8 Å². The maximum absolute atomic E-state index is 10.8. The van der Waals surface area contributed by atoms with Crippen LogP contribution in [0, 0.1) is 0 Å². The lowest BCUT2D eigenvalue weighted by Crippen LogP contribution is -2.06. The number of hydrogen-bond acceptors (Lipinski definition) is 3. The molecule has 0 amide bonds. The van der Waals surface area contributed by atoms with Gasteiger partial charge in [-0.1, -0.05) is 12.6 Å². The van der Waals surface area contributed by atoms with Crippen molar-refractivity contribution in [3.63, 3.8) is 0 Å². The van der Waals surface area contributed by atoms with Crippen LogP contribution < -0.4 is 0 Å². The lowest BCUT2D eigenvalue weighted by atomic mass is 10.1. The van der Waals surface area contributed by atoms with Gasteiger partial charge in [-0.05, 0) is 6.42 Å². The van der Waals surface area contributed by atoms with Crippen molar-refractivity contribution in [2.45, 2.75) is 19.3 Å². The zero-order valence-corrected chi connectivity index (χ0v) is 6.77. The van der Waals surface area contributed by atoms with Gasteiger partial charge in [0.1, 0.15) is 5.76 Å². The summed E-state index contributed by atoms with van der Waals surface area (Å²) in [5.41, 5.74) is 0. The van der Waals surface area contributed by atoms with E-state index in [1.54, 1.807) is 0 Å². The molecule has 4 heteroatoms. The van der Waals surface area contributed by atoms with Crippen LogP contribution in [-0.4, -0.2) is 11.1 Å². The molecule has 0 aromatic heterocycles. The third-order valence-corrected chi connectivity index (χ3v) is 1.48. The smallest absolute Gasteiger partial charge is 0.369 e. The summed E-state index contributed by atoms with van der Waals surface area (Å²) in [5, 5.41) is -0.661. The van der Waals surface area contributed by atoms with Crippen molar-refractivity contribution in [2.24, 2.45) is 0 Å². The van der Waals surface area contributed by atoms with Gasteiger partial charge in [-0.25, -0.2) is 4.79 Å². The first-order valence-corrected chi connectivity index (χ1v) is 3.77. The molecule has 0 saturated heterocycles. The molecule has 0 unspecified atom stereocenters. The molecule has 11 heavy (non-hydrogen) atoms. The van der Waals surface area contributed by atoms with Gasteiger partial charge in [0.25, 0.3) is 0 Å². The van der Waals surface area contributed by atoms with E-state index in [9.17, 15) is 9.59 Å². The molecule has 0 aliphatic heterocycles. The molecular weight excluding hydrogens is 164 g/mol. The van der Waals surface area contributed by atoms with E-state index in [4.69, 9.17) is 0 Å². The summed E-state index contributed by atoms with van der Waals surface area (Å²) >= 11 is 3.42. The lowest BCUT2D eigenvalue weighted by molar-refractivity contribution is -0.115. The highest BCUT2D eigenvalue weighted by molar-refractivity contribution is 7.96. The number of rotatable bonds is 1. The largest absolute Gasteiger partial charge is 0.423 e. The molecule has 3 nitrogen and oxygen atoms in total. The van der Waals surface area contributed by atoms with Crippen molar-refractivity contribution >= 4 is 23.7 Å². The molecule has 0 saturated carbocycles. The van der Waals surface area contributed by atoms with Crippen molar-refractivity contribution < 1.29 is 14.3 Å². The van der Waals surface area contributed by atoms with E-state index in [0.717, 1.165) is 6.42 Å². The minimum atomic E-state index is -0.661. The Hall–Kier alpha value is -0.770. The Bertz CT molecular complexity index is 220. The second-order valence-electron chi connectivity index (χ2n) is 2.30. The van der Waals surface area contributed by atoms with Crippen LogP contribution in [-0.2, 0) is 9.53 Å². The fourth-order valence-electron chi connectivity index (χ4n) is 0.953. The predicted molar refractivity (Wildman–Crippen MR) is 42.4 cm³/mol. The van der Waals surface area contributed by atoms with Crippen LogP contribution in [0.2, 0.25) is 0 Å². The van der Waals surface area contributed by atoms with Crippen LogP contribution in [0.25, 0.3) is 0 Å². The van der Waals surface area contributed by atoms with Gasteiger partial charge in [-0.2, -0.15) is 0 Å². The van der Waals surface area contributed by atoms with Gasteiger partial charge in [0.15, 0.2) is 5.78 Å². The minimum Gasteiger partial charge on any atom is -0.423 e. The highest BCUT2D eigenvalue weighted by atomic mass is 32.1. The first-order valence-electron chi connectivity index (χ1n) is 3.32. The van der Waals surface area contributed by atoms with Gasteiger partial charge >= 0.3 is 5.30 Å². The maximum Gasteiger partial charge on any atom is 0.369 e. The Balaban J connectivity index is 2.56. The molecule has 60 valence electrons. The minimum absolute atomic E-state index is 0.0147. The van der Waals surface area contributed by atoms with E-state index in [-0.39, 0.29) is 5.78 Å². The van der Waals surface area contributed by atoms with Crippen molar-refractivity contribution in [1.29, 1.82) is 0 Å². The Kier molecular flexibility index (Phi) is 2.70. The number of ketones is 1. The molecule has 0 bridgehead atoms. The van der Waals surface area contributed by atoms with Crippen LogP contribution in [0.15, 0.2) is 11.8 Å². The number of hydrogen-bond donors (Lipinski definition) is 1. The molecule has 0 N–H and O–H groups in total. The van der Waals surface area contributed by atoms with Gasteiger partial charge in [-0.15, -0.1) is 0 Å². The number of carbonyl (C=O) groups is 2. The van der Waals surface area contributed by atoms with Crippen molar-refractivity contribution in [1.82, 2.24) is 0 Å². The van der Waals surface area contributed by atoms with Crippen LogP contribution >= 0.6 is 12.6 Å². The quantitative estimate of drug-likeness (QED) is 0.483. The second kappa shape index (κ2) is 3.57. The number of thiol groups is 1. The van der Waals surface area contributed by atoms with Crippen molar-refractivity contribution in [3.05, 3.63) is 11.8 Å². The summed E-state index contributed by atoms with van der Waals surface area (Å²) < 4.78 is 4.63. The van der Waals surface area contributed by atoms with Gasteiger partial charge in [0, 0.05) is 18.9 Å². The number of allylic oxidation sites excluding steroid dienone is 2. The third kappa shape index (κ3) is 2.76. The van der Waals surface area contributed by atoms with Gasteiger partial charge in [0.05, 0.1) is 0 Å². The van der Waals surface area contributed by atoms with Gasteiger partial charge in [0.2, 0.25) is 0 Å². The number of ether oxygens (including phenoxy) is 1. The Morgan fingerprint density at radius 2 is 2.27 bits per heavy atom. The molecule has 1 aliphatic carbocycles. The molecule has 1 aliphatic rings. The SMILES string of the molecule is O=C1C=C(OC(=O)S)CCC1. The average Bonchev–Trinajstić information content (AvgIpc) is 1.85. The first kappa shape index (κ1) is 8.33. The van der Waals surface area contributed by atoms with E-state index in [0.29, 0.717) is 18.6 Å². The predicted octanol–water partition coefficient (Wildman–Crippen LogP) is 1.69. The molecule has 0 aromatic rings. The first-order chi connectivity index (χ1) is 5.18. The normalized spacial score (nSPS) is 17.5. The van der Waals surface area contributed by atoms with Crippen LogP contribution in [0.5, 0.6) is 0 Å². The van der Waals surface area contributed by atoms with Crippen LogP contribution in [0.4, 0.5) is 4.79 Å². The highest BCUT2D eigenvalue weighted by Gasteiger charge is 2.12. The van der Waals surface area contributed by atoms with Crippen LogP contribution in [0.3, 0.4) is 0 Å². The highest BCUT2D eigenvalue weighted by Crippen LogP contribution is 2.16. The number of carbonyl (C=O) groups excluding carboxylic acids is 2. The van der Waals surface area contributed by atoms with Crippen molar-refractivity contribution in [3.8, 4) is 0 Å². The molecular formula is C7H8O3S. The van der Waals surface area contributed by atoms with Crippen molar-refractivity contribution in [2.75, 3.05) is 0 Å². The summed E-state index contributed by atoms with van der Waals surface area (Å²) in [5.74, 6) is 0.446. The zero-order chi connectivity index (χ0) is 8.27. The van der Waals surface area contributed by atoms with E-state index in [1.807, 2.05) is 0 Å². The van der Waals surface area contributed by atoms with Gasteiger partial charge in [-0.3, -0.25) is 4.79 Å². The van der Waals surface area contributed by atoms with E-state index in [2.05, 4.69) is 17.4 Å². The molecule has 0 heterocycles. The summed E-state index contributed by atoms with van der Waals surface area (Å²) in [6.07, 6.45) is 3.31. The topological polar surface area (TPSA) is 43.4 Å². The van der Waals surface area contributed by atoms with E-state index < -0.39 is 5.30 Å². The molecule has 0 fully saturated rings. The molecule has 1 rings (SSSR count). The van der Waals surface area contributed by atoms with Crippen LogP contribution in [0.1, 0.15) is 19.3 Å². The summed E-state index contributed by atoms with van der Waals surface area (Å²) in [6, 6.07) is 0. The second-order valence-corrected chi connectivity index (χ2v) is 2.66. The van der Waals surface area contributed by atoms with E-state index >= 15 is 0 Å².